The third-order valence-corrected chi connectivity index (χ3v) is 2.98. The van der Waals surface area contributed by atoms with Gasteiger partial charge in [0.05, 0.1) is 0 Å². The van der Waals surface area contributed by atoms with Crippen molar-refractivity contribution in [2.75, 3.05) is 13.2 Å². The van der Waals surface area contributed by atoms with Gasteiger partial charge in [0.25, 0.3) is 0 Å². The van der Waals surface area contributed by atoms with E-state index in [-0.39, 0.29) is 12.1 Å². The monoisotopic (exact) mass is 207 g/mol. The van der Waals surface area contributed by atoms with Gasteiger partial charge in [-0.2, -0.15) is 0 Å². The van der Waals surface area contributed by atoms with Crippen LogP contribution in [-0.2, 0) is 5.54 Å². The average molecular weight is 207 g/mol. The van der Waals surface area contributed by atoms with Crippen LogP contribution in [0.15, 0.2) is 30.3 Å². The van der Waals surface area contributed by atoms with E-state index in [4.69, 9.17) is 0 Å². The molecule has 2 nitrogen and oxygen atoms in total. The van der Waals surface area contributed by atoms with Crippen molar-refractivity contribution in [3.05, 3.63) is 35.9 Å². The largest absolute Gasteiger partial charge is 0.396 e. The lowest BCUT2D eigenvalue weighted by Gasteiger charge is -2.34. The molecule has 0 radical (unpaired) electrons. The molecule has 1 aromatic carbocycles. The van der Waals surface area contributed by atoms with Gasteiger partial charge in [0.1, 0.15) is 0 Å². The first kappa shape index (κ1) is 12.2. The van der Waals surface area contributed by atoms with E-state index in [1.807, 2.05) is 6.07 Å². The lowest BCUT2D eigenvalue weighted by atomic mass is 9.84. The molecule has 0 heterocycles. The maximum Gasteiger partial charge on any atom is 0.0453 e. The first-order chi connectivity index (χ1) is 7.29. The van der Waals surface area contributed by atoms with E-state index >= 15 is 0 Å². The van der Waals surface area contributed by atoms with Gasteiger partial charge in [0.2, 0.25) is 0 Å². The van der Waals surface area contributed by atoms with Crippen molar-refractivity contribution >= 4 is 0 Å². The molecule has 0 aliphatic rings. The second-order valence-corrected chi connectivity index (χ2v) is 3.81. The number of benzene rings is 1. The number of hydrogen-bond acceptors (Lipinski definition) is 2. The van der Waals surface area contributed by atoms with Crippen molar-refractivity contribution in [3.8, 4) is 0 Å². The summed E-state index contributed by atoms with van der Waals surface area (Å²) in [6.07, 6.45) is 1.76. The molecule has 0 aliphatic heterocycles. The van der Waals surface area contributed by atoms with Crippen LogP contribution in [0.4, 0.5) is 0 Å². The van der Waals surface area contributed by atoms with Crippen LogP contribution < -0.4 is 5.32 Å². The first-order valence-electron chi connectivity index (χ1n) is 5.70. The molecular weight excluding hydrogens is 186 g/mol. The molecule has 0 bridgehead atoms. The van der Waals surface area contributed by atoms with E-state index in [0.717, 1.165) is 19.4 Å². The molecule has 0 saturated carbocycles. The Morgan fingerprint density at radius 1 is 1.20 bits per heavy atom. The van der Waals surface area contributed by atoms with Crippen LogP contribution in [0.3, 0.4) is 0 Å². The first-order valence-corrected chi connectivity index (χ1v) is 5.70. The van der Waals surface area contributed by atoms with Gasteiger partial charge in [-0.3, -0.25) is 0 Å². The summed E-state index contributed by atoms with van der Waals surface area (Å²) in [5.74, 6) is 0. The zero-order chi connectivity index (χ0) is 11.1. The third-order valence-electron chi connectivity index (χ3n) is 2.98. The molecule has 0 aromatic heterocycles. The zero-order valence-electron chi connectivity index (χ0n) is 9.66. The van der Waals surface area contributed by atoms with Gasteiger partial charge in [0.15, 0.2) is 0 Å². The van der Waals surface area contributed by atoms with Crippen LogP contribution >= 0.6 is 0 Å². The Morgan fingerprint density at radius 3 is 2.33 bits per heavy atom. The minimum atomic E-state index is -0.0647. The van der Waals surface area contributed by atoms with Gasteiger partial charge in [0, 0.05) is 12.1 Å². The topological polar surface area (TPSA) is 32.3 Å². The Balaban J connectivity index is 2.97. The zero-order valence-corrected chi connectivity index (χ0v) is 9.66. The fraction of sp³-hybridized carbons (Fsp3) is 0.538. The number of rotatable bonds is 6. The predicted molar refractivity (Wildman–Crippen MR) is 63.8 cm³/mol. The highest BCUT2D eigenvalue weighted by atomic mass is 16.3. The van der Waals surface area contributed by atoms with Crippen LogP contribution in [-0.4, -0.2) is 18.3 Å². The Hall–Kier alpha value is -0.860. The second-order valence-electron chi connectivity index (χ2n) is 3.81. The SMILES string of the molecule is CCNC(CC)(CCO)c1ccccc1. The van der Waals surface area contributed by atoms with Gasteiger partial charge < -0.3 is 10.4 Å². The minimum absolute atomic E-state index is 0.0647. The summed E-state index contributed by atoms with van der Waals surface area (Å²) in [6.45, 7) is 5.40. The summed E-state index contributed by atoms with van der Waals surface area (Å²) in [4.78, 5) is 0. The maximum atomic E-state index is 9.18. The maximum absolute atomic E-state index is 9.18. The average Bonchev–Trinajstić information content (AvgIpc) is 2.30. The van der Waals surface area contributed by atoms with Gasteiger partial charge in [-0.1, -0.05) is 44.2 Å². The Labute approximate surface area is 92.3 Å². The predicted octanol–water partition coefficient (Wildman–Crippen LogP) is 2.28. The number of nitrogens with one attached hydrogen (secondary N) is 1. The molecule has 1 atom stereocenters. The Bertz CT molecular complexity index is 265. The van der Waals surface area contributed by atoms with Crippen LogP contribution in [0, 0.1) is 0 Å². The number of aliphatic hydroxyl groups excluding tert-OH is 1. The molecule has 0 saturated heterocycles. The second kappa shape index (κ2) is 5.89. The molecule has 2 heteroatoms. The highest BCUT2D eigenvalue weighted by Crippen LogP contribution is 2.28. The molecule has 1 unspecified atom stereocenters. The lowest BCUT2D eigenvalue weighted by Crippen LogP contribution is -2.42. The van der Waals surface area contributed by atoms with E-state index in [0.29, 0.717) is 0 Å². The van der Waals surface area contributed by atoms with Crippen LogP contribution in [0.5, 0.6) is 0 Å². The highest BCUT2D eigenvalue weighted by Gasteiger charge is 2.27. The molecular formula is C13H21NO. The Morgan fingerprint density at radius 2 is 1.87 bits per heavy atom. The molecule has 0 aliphatic carbocycles. The normalized spacial score (nSPS) is 14.9. The smallest absolute Gasteiger partial charge is 0.0453 e. The van der Waals surface area contributed by atoms with Gasteiger partial charge in [-0.25, -0.2) is 0 Å². The molecule has 2 N–H and O–H groups in total. The summed E-state index contributed by atoms with van der Waals surface area (Å²) >= 11 is 0. The molecule has 0 amide bonds. The van der Waals surface area contributed by atoms with Crippen molar-refractivity contribution in [3.63, 3.8) is 0 Å². The molecule has 1 aromatic rings. The fourth-order valence-electron chi connectivity index (χ4n) is 2.13. The number of hydrogen-bond donors (Lipinski definition) is 2. The molecule has 15 heavy (non-hydrogen) atoms. The highest BCUT2D eigenvalue weighted by molar-refractivity contribution is 5.24. The summed E-state index contributed by atoms with van der Waals surface area (Å²) in [5, 5.41) is 12.7. The molecule has 0 fully saturated rings. The summed E-state index contributed by atoms with van der Waals surface area (Å²) < 4.78 is 0. The third kappa shape index (κ3) is 2.80. The molecule has 1 rings (SSSR count). The Kier molecular flexibility index (Phi) is 4.79. The van der Waals surface area contributed by atoms with Gasteiger partial charge >= 0.3 is 0 Å². The van der Waals surface area contributed by atoms with Crippen molar-refractivity contribution in [1.82, 2.24) is 5.32 Å². The molecule has 84 valence electrons. The minimum Gasteiger partial charge on any atom is -0.396 e. The fourth-order valence-corrected chi connectivity index (χ4v) is 2.13. The quantitative estimate of drug-likeness (QED) is 0.750. The lowest BCUT2D eigenvalue weighted by molar-refractivity contribution is 0.206. The standard InChI is InChI=1S/C13H21NO/c1-3-13(10-11-15,14-4-2)12-8-6-5-7-9-12/h5-9,14-15H,3-4,10-11H2,1-2H3. The van der Waals surface area contributed by atoms with E-state index in [1.54, 1.807) is 0 Å². The van der Waals surface area contributed by atoms with Crippen molar-refractivity contribution in [2.45, 2.75) is 32.2 Å². The summed E-state index contributed by atoms with van der Waals surface area (Å²) in [6, 6.07) is 10.4. The van der Waals surface area contributed by atoms with E-state index in [1.165, 1.54) is 5.56 Å². The summed E-state index contributed by atoms with van der Waals surface area (Å²) in [5.41, 5.74) is 1.20. The van der Waals surface area contributed by atoms with Crippen molar-refractivity contribution < 1.29 is 5.11 Å². The van der Waals surface area contributed by atoms with E-state index in [2.05, 4.69) is 43.4 Å². The summed E-state index contributed by atoms with van der Waals surface area (Å²) in [7, 11) is 0. The van der Waals surface area contributed by atoms with Crippen LogP contribution in [0.2, 0.25) is 0 Å². The van der Waals surface area contributed by atoms with Crippen molar-refractivity contribution in [1.29, 1.82) is 0 Å². The van der Waals surface area contributed by atoms with Crippen LogP contribution in [0.1, 0.15) is 32.3 Å². The molecule has 0 spiro atoms. The van der Waals surface area contributed by atoms with Crippen molar-refractivity contribution in [2.24, 2.45) is 0 Å². The van der Waals surface area contributed by atoms with Crippen LogP contribution in [0.25, 0.3) is 0 Å². The van der Waals surface area contributed by atoms with E-state index < -0.39 is 0 Å². The van der Waals surface area contributed by atoms with Gasteiger partial charge in [-0.05, 0) is 24.9 Å². The van der Waals surface area contributed by atoms with Gasteiger partial charge in [-0.15, -0.1) is 0 Å². The number of aliphatic hydroxyl groups is 1. The van der Waals surface area contributed by atoms with E-state index in [9.17, 15) is 5.11 Å².